The molecule has 0 aromatic carbocycles. The lowest BCUT2D eigenvalue weighted by Gasteiger charge is -2.36. The number of hydrogen-bond donors (Lipinski definition) is 0. The molecule has 2 fully saturated rings. The minimum absolute atomic E-state index is 0.0588. The summed E-state index contributed by atoms with van der Waals surface area (Å²) in [7, 11) is 0. The van der Waals surface area contributed by atoms with Crippen LogP contribution >= 0.6 is 27.3 Å². The first-order valence-electron chi connectivity index (χ1n) is 7.47. The molecular weight excluding hydrogens is 371 g/mol. The lowest BCUT2D eigenvalue weighted by Crippen LogP contribution is -2.47. The highest BCUT2D eigenvalue weighted by molar-refractivity contribution is 9.10. The first-order chi connectivity index (χ1) is 10.6. The molecule has 1 atom stereocenters. The molecule has 0 N–H and O–H groups in total. The highest BCUT2D eigenvalue weighted by Crippen LogP contribution is 2.27. The first-order valence-corrected chi connectivity index (χ1v) is 9.14. The quantitative estimate of drug-likeness (QED) is 0.798. The molecule has 4 nitrogen and oxygen atoms in total. The predicted molar refractivity (Wildman–Crippen MR) is 86.7 cm³/mol. The highest BCUT2D eigenvalue weighted by Gasteiger charge is 2.36. The van der Waals surface area contributed by atoms with Crippen molar-refractivity contribution >= 4 is 39.1 Å². The molecule has 120 valence electrons. The van der Waals surface area contributed by atoms with Gasteiger partial charge in [0.2, 0.25) is 5.91 Å². The average molecular weight is 389 g/mol. The second kappa shape index (κ2) is 6.66. The molecule has 0 saturated carbocycles. The third-order valence-electron chi connectivity index (χ3n) is 4.43. The molecule has 3 rings (SSSR count). The maximum atomic E-state index is 12.7. The lowest BCUT2D eigenvalue weighted by atomic mass is 10.0. The van der Waals surface area contributed by atoms with E-state index >= 15 is 0 Å². The van der Waals surface area contributed by atoms with E-state index in [0.29, 0.717) is 26.1 Å². The average Bonchev–Trinajstić information content (AvgIpc) is 3.12. The number of hydrogen-bond acceptors (Lipinski definition) is 3. The molecule has 2 aliphatic heterocycles. The van der Waals surface area contributed by atoms with Crippen LogP contribution in [0, 0.1) is 5.92 Å². The van der Waals surface area contributed by atoms with Crippen LogP contribution < -0.4 is 0 Å². The molecule has 0 spiro atoms. The Morgan fingerprint density at radius 2 is 2.14 bits per heavy atom. The van der Waals surface area contributed by atoms with E-state index in [1.54, 1.807) is 0 Å². The van der Waals surface area contributed by atoms with Crippen LogP contribution in [0.25, 0.3) is 0 Å². The number of carbonyl (C=O) groups excluding carboxylic acids is 2. The number of halogens is 2. The number of carbonyl (C=O) groups is 2. The molecular formula is C15H18BrFN2O2S. The van der Waals surface area contributed by atoms with Gasteiger partial charge in [0.1, 0.15) is 0 Å². The maximum absolute atomic E-state index is 12.7. The zero-order valence-electron chi connectivity index (χ0n) is 12.1. The van der Waals surface area contributed by atoms with Crippen molar-refractivity contribution in [1.82, 2.24) is 9.80 Å². The van der Waals surface area contributed by atoms with Crippen LogP contribution in [-0.4, -0.2) is 54.0 Å². The van der Waals surface area contributed by atoms with Gasteiger partial charge >= 0.3 is 0 Å². The Kier molecular flexibility index (Phi) is 4.82. The Morgan fingerprint density at radius 1 is 1.41 bits per heavy atom. The van der Waals surface area contributed by atoms with Gasteiger partial charge in [-0.25, -0.2) is 0 Å². The van der Waals surface area contributed by atoms with Crippen molar-refractivity contribution in [2.24, 2.45) is 5.92 Å². The van der Waals surface area contributed by atoms with Crippen LogP contribution in [0.1, 0.15) is 28.9 Å². The fourth-order valence-electron chi connectivity index (χ4n) is 3.23. The first kappa shape index (κ1) is 15.9. The number of amides is 2. The van der Waals surface area contributed by atoms with Gasteiger partial charge in [0.05, 0.1) is 11.6 Å². The Labute approximate surface area is 141 Å². The van der Waals surface area contributed by atoms with Crippen LogP contribution in [0.5, 0.6) is 0 Å². The van der Waals surface area contributed by atoms with Gasteiger partial charge in [0.25, 0.3) is 5.91 Å². The van der Waals surface area contributed by atoms with Gasteiger partial charge in [-0.05, 0) is 34.8 Å². The Bertz CT molecular complexity index is 572. The largest absolute Gasteiger partial charge is 0.339 e. The van der Waals surface area contributed by atoms with Gasteiger partial charge in [-0.15, -0.1) is 11.3 Å². The van der Waals surface area contributed by atoms with E-state index in [1.807, 2.05) is 21.2 Å². The van der Waals surface area contributed by atoms with Crippen molar-refractivity contribution in [1.29, 1.82) is 0 Å². The molecule has 2 amide bonds. The predicted octanol–water partition coefficient (Wildman–Crippen LogP) is 2.93. The van der Waals surface area contributed by atoms with Crippen molar-refractivity contribution < 1.29 is 14.0 Å². The minimum atomic E-state index is -0.424. The van der Waals surface area contributed by atoms with Crippen LogP contribution in [-0.2, 0) is 4.79 Å². The zero-order chi connectivity index (χ0) is 15.7. The second-order valence-corrected chi connectivity index (χ2v) is 7.75. The molecule has 1 unspecified atom stereocenters. The van der Waals surface area contributed by atoms with E-state index in [4.69, 9.17) is 0 Å². The van der Waals surface area contributed by atoms with Crippen molar-refractivity contribution in [3.8, 4) is 0 Å². The fraction of sp³-hybridized carbons (Fsp3) is 0.600. The normalized spacial score (nSPS) is 23.4. The Hall–Kier alpha value is -0.950. The SMILES string of the molecule is O=C(c1cc(Br)cs1)N1CCC(N2CC(CF)CC2=O)CC1. The molecule has 7 heteroatoms. The summed E-state index contributed by atoms with van der Waals surface area (Å²) in [6.45, 7) is 1.42. The summed E-state index contributed by atoms with van der Waals surface area (Å²) in [5.41, 5.74) is 0. The van der Waals surface area contributed by atoms with Crippen LogP contribution in [0.3, 0.4) is 0 Å². The van der Waals surface area contributed by atoms with Gasteiger partial charge in [-0.2, -0.15) is 0 Å². The van der Waals surface area contributed by atoms with E-state index in [0.717, 1.165) is 22.2 Å². The Morgan fingerprint density at radius 3 is 2.68 bits per heavy atom. The van der Waals surface area contributed by atoms with Gasteiger partial charge in [0.15, 0.2) is 0 Å². The van der Waals surface area contributed by atoms with Gasteiger partial charge < -0.3 is 9.80 Å². The molecule has 3 heterocycles. The van der Waals surface area contributed by atoms with Crippen molar-refractivity contribution in [3.63, 3.8) is 0 Å². The molecule has 1 aromatic rings. The fourth-order valence-corrected chi connectivity index (χ4v) is 4.62. The second-order valence-electron chi connectivity index (χ2n) is 5.92. The highest BCUT2D eigenvalue weighted by atomic mass is 79.9. The van der Waals surface area contributed by atoms with Gasteiger partial charge in [-0.3, -0.25) is 14.0 Å². The summed E-state index contributed by atoms with van der Waals surface area (Å²) in [6.07, 6.45) is 1.89. The molecule has 2 saturated heterocycles. The molecule has 0 radical (unpaired) electrons. The summed E-state index contributed by atoms with van der Waals surface area (Å²) < 4.78 is 13.7. The zero-order valence-corrected chi connectivity index (χ0v) is 14.5. The third-order valence-corrected chi connectivity index (χ3v) is 6.11. The van der Waals surface area contributed by atoms with E-state index < -0.39 is 6.67 Å². The summed E-state index contributed by atoms with van der Waals surface area (Å²) in [5.74, 6) is -0.0197. The standard InChI is InChI=1S/C15H18BrFN2O2S/c16-11-6-13(22-9-11)15(21)18-3-1-12(2-4-18)19-8-10(7-17)5-14(19)20/h6,9-10,12H,1-5,7-8H2. The van der Waals surface area contributed by atoms with Crippen molar-refractivity contribution in [3.05, 3.63) is 20.8 Å². The molecule has 0 aliphatic carbocycles. The summed E-state index contributed by atoms with van der Waals surface area (Å²) in [5, 5.41) is 1.90. The van der Waals surface area contributed by atoms with Crippen molar-refractivity contribution in [2.75, 3.05) is 26.3 Å². The number of nitrogens with zero attached hydrogens (tertiary/aromatic N) is 2. The summed E-state index contributed by atoms with van der Waals surface area (Å²) in [6, 6.07) is 2.00. The van der Waals surface area contributed by atoms with Crippen LogP contribution in [0.4, 0.5) is 4.39 Å². The van der Waals surface area contributed by atoms with Crippen LogP contribution in [0.15, 0.2) is 15.9 Å². The molecule has 2 aliphatic rings. The van der Waals surface area contributed by atoms with Gasteiger partial charge in [0, 0.05) is 47.9 Å². The van der Waals surface area contributed by atoms with E-state index in [9.17, 15) is 14.0 Å². The number of alkyl halides is 1. The van der Waals surface area contributed by atoms with Crippen molar-refractivity contribution in [2.45, 2.75) is 25.3 Å². The van der Waals surface area contributed by atoms with Crippen LogP contribution in [0.2, 0.25) is 0 Å². The van der Waals surface area contributed by atoms with E-state index in [-0.39, 0.29) is 23.8 Å². The van der Waals surface area contributed by atoms with E-state index in [1.165, 1.54) is 11.3 Å². The molecule has 1 aromatic heterocycles. The topological polar surface area (TPSA) is 40.6 Å². The number of likely N-dealkylation sites (tertiary alicyclic amines) is 2. The summed E-state index contributed by atoms with van der Waals surface area (Å²) >= 11 is 4.80. The molecule has 22 heavy (non-hydrogen) atoms. The monoisotopic (exact) mass is 388 g/mol. The number of rotatable bonds is 3. The Balaban J connectivity index is 1.56. The molecule has 0 bridgehead atoms. The lowest BCUT2D eigenvalue weighted by molar-refractivity contribution is -0.130. The minimum Gasteiger partial charge on any atom is -0.339 e. The maximum Gasteiger partial charge on any atom is 0.263 e. The smallest absolute Gasteiger partial charge is 0.263 e. The summed E-state index contributed by atoms with van der Waals surface area (Å²) in [4.78, 5) is 28.8. The van der Waals surface area contributed by atoms with Gasteiger partial charge in [-0.1, -0.05) is 0 Å². The van der Waals surface area contributed by atoms with E-state index in [2.05, 4.69) is 15.9 Å². The number of thiophene rings is 1. The number of piperidine rings is 1. The third kappa shape index (κ3) is 3.20.